The van der Waals surface area contributed by atoms with Crippen LogP contribution in [0.15, 0.2) is 42.5 Å². The molecule has 3 rings (SSSR count). The van der Waals surface area contributed by atoms with E-state index in [-0.39, 0.29) is 11.7 Å². The molecule has 0 bridgehead atoms. The Kier molecular flexibility index (Phi) is 6.61. The van der Waals surface area contributed by atoms with Crippen molar-refractivity contribution in [2.75, 3.05) is 38.7 Å². The van der Waals surface area contributed by atoms with Gasteiger partial charge in [0.25, 0.3) is 5.91 Å². The van der Waals surface area contributed by atoms with Crippen molar-refractivity contribution >= 4 is 38.4 Å². The zero-order valence-electron chi connectivity index (χ0n) is 17.1. The van der Waals surface area contributed by atoms with Gasteiger partial charge in [0, 0.05) is 24.2 Å². The molecular weight excluding hydrogens is 386 g/mol. The maximum atomic E-state index is 13.3. The molecule has 152 valence electrons. The highest BCUT2D eigenvalue weighted by atomic mass is 32.1. The number of Topliss-reactive ketones (excluding diaryl/α,β-unsaturated/α-hetero) is 1. The summed E-state index contributed by atoms with van der Waals surface area (Å²) in [4.78, 5) is 33.3. The molecule has 0 unspecified atom stereocenters. The van der Waals surface area contributed by atoms with E-state index >= 15 is 0 Å². The summed E-state index contributed by atoms with van der Waals surface area (Å²) in [5.74, 6) is 0.556. The first-order chi connectivity index (χ1) is 13.9. The second-order valence-electron chi connectivity index (χ2n) is 6.93. The van der Waals surface area contributed by atoms with Gasteiger partial charge < -0.3 is 9.64 Å². The van der Waals surface area contributed by atoms with E-state index in [1.807, 2.05) is 44.1 Å². The molecule has 0 radical (unpaired) electrons. The molecule has 1 aromatic heterocycles. The highest BCUT2D eigenvalue weighted by Crippen LogP contribution is 2.34. The van der Waals surface area contributed by atoms with E-state index in [0.717, 1.165) is 16.0 Å². The number of rotatable bonds is 8. The number of ketones is 1. The van der Waals surface area contributed by atoms with Gasteiger partial charge in [0.15, 0.2) is 10.9 Å². The van der Waals surface area contributed by atoms with Crippen LogP contribution in [0.3, 0.4) is 0 Å². The summed E-state index contributed by atoms with van der Waals surface area (Å²) in [5, 5.41) is 0.634. The van der Waals surface area contributed by atoms with Gasteiger partial charge in [0.05, 0.1) is 11.3 Å². The number of nitrogens with zero attached hydrogens (tertiary/aromatic N) is 3. The van der Waals surface area contributed by atoms with Crippen molar-refractivity contribution < 1.29 is 14.3 Å². The number of ether oxygens (including phenoxy) is 1. The minimum Gasteiger partial charge on any atom is -0.492 e. The SMILES string of the molecule is CCOc1cccc2sc(N(CCN(C)C)C(=O)c3ccc(C(C)=O)cc3)nc12. The molecule has 0 atom stereocenters. The third-order valence-electron chi connectivity index (χ3n) is 4.46. The predicted molar refractivity (Wildman–Crippen MR) is 117 cm³/mol. The van der Waals surface area contributed by atoms with E-state index < -0.39 is 0 Å². The average Bonchev–Trinajstić information content (AvgIpc) is 3.13. The number of likely N-dealkylation sites (N-methyl/N-ethyl adjacent to an activating group) is 1. The maximum absolute atomic E-state index is 13.3. The summed E-state index contributed by atoms with van der Waals surface area (Å²) in [6.07, 6.45) is 0. The lowest BCUT2D eigenvalue weighted by atomic mass is 10.1. The van der Waals surface area contributed by atoms with Gasteiger partial charge in [0.2, 0.25) is 0 Å². The minimum atomic E-state index is -0.140. The number of carbonyl (C=O) groups is 2. The van der Waals surface area contributed by atoms with Gasteiger partial charge in [-0.1, -0.05) is 29.5 Å². The van der Waals surface area contributed by atoms with Crippen molar-refractivity contribution in [2.45, 2.75) is 13.8 Å². The van der Waals surface area contributed by atoms with Crippen molar-refractivity contribution in [3.05, 3.63) is 53.6 Å². The molecular formula is C22H25N3O3S. The molecule has 0 aliphatic carbocycles. The Labute approximate surface area is 174 Å². The largest absolute Gasteiger partial charge is 0.492 e. The van der Waals surface area contributed by atoms with Gasteiger partial charge in [-0.2, -0.15) is 0 Å². The fourth-order valence-corrected chi connectivity index (χ4v) is 3.89. The maximum Gasteiger partial charge on any atom is 0.260 e. The average molecular weight is 412 g/mol. The summed E-state index contributed by atoms with van der Waals surface area (Å²) < 4.78 is 6.66. The number of para-hydroxylation sites is 1. The lowest BCUT2D eigenvalue weighted by Gasteiger charge is -2.22. The van der Waals surface area contributed by atoms with Crippen molar-refractivity contribution in [3.8, 4) is 5.75 Å². The van der Waals surface area contributed by atoms with Crippen LogP contribution in [0.4, 0.5) is 5.13 Å². The van der Waals surface area contributed by atoms with Gasteiger partial charge in [-0.3, -0.25) is 14.5 Å². The second-order valence-corrected chi connectivity index (χ2v) is 7.94. The van der Waals surface area contributed by atoms with Crippen LogP contribution < -0.4 is 9.64 Å². The monoisotopic (exact) mass is 411 g/mol. The van der Waals surface area contributed by atoms with E-state index in [1.54, 1.807) is 29.2 Å². The molecule has 3 aromatic rings. The number of benzene rings is 2. The van der Waals surface area contributed by atoms with E-state index in [1.165, 1.54) is 18.3 Å². The molecule has 6 nitrogen and oxygen atoms in total. The van der Waals surface area contributed by atoms with Crippen molar-refractivity contribution in [1.82, 2.24) is 9.88 Å². The van der Waals surface area contributed by atoms with Gasteiger partial charge in [-0.25, -0.2) is 4.98 Å². The van der Waals surface area contributed by atoms with Gasteiger partial charge in [-0.15, -0.1) is 0 Å². The summed E-state index contributed by atoms with van der Waals surface area (Å²) in [7, 11) is 3.94. The Bertz CT molecular complexity index is 1010. The van der Waals surface area contributed by atoms with Crippen LogP contribution >= 0.6 is 11.3 Å². The molecule has 7 heteroatoms. The summed E-state index contributed by atoms with van der Waals surface area (Å²) in [6.45, 7) is 5.20. The van der Waals surface area contributed by atoms with E-state index in [9.17, 15) is 9.59 Å². The van der Waals surface area contributed by atoms with Crippen LogP contribution in [0.1, 0.15) is 34.6 Å². The summed E-state index contributed by atoms with van der Waals surface area (Å²) in [6, 6.07) is 12.6. The Morgan fingerprint density at radius 2 is 1.72 bits per heavy atom. The number of hydrogen-bond donors (Lipinski definition) is 0. The zero-order chi connectivity index (χ0) is 21.0. The standard InChI is InChI=1S/C22H25N3O3S/c1-5-28-18-7-6-8-19-20(18)23-22(29-19)25(14-13-24(3)4)21(27)17-11-9-16(10-12-17)15(2)26/h6-12H,5,13-14H2,1-4H3. The fourth-order valence-electron chi connectivity index (χ4n) is 2.89. The first kappa shape index (κ1) is 21.0. The van der Waals surface area contributed by atoms with Crippen LogP contribution in [0.2, 0.25) is 0 Å². The number of anilines is 1. The Hall–Kier alpha value is -2.77. The number of aromatic nitrogens is 1. The van der Waals surface area contributed by atoms with Crippen LogP contribution in [-0.4, -0.2) is 55.4 Å². The molecule has 0 aliphatic rings. The first-order valence-corrected chi connectivity index (χ1v) is 10.3. The smallest absolute Gasteiger partial charge is 0.260 e. The fraction of sp³-hybridized carbons (Fsp3) is 0.318. The third kappa shape index (κ3) is 4.81. The number of thiazole rings is 1. The lowest BCUT2D eigenvalue weighted by Crippen LogP contribution is -2.36. The molecule has 29 heavy (non-hydrogen) atoms. The highest BCUT2D eigenvalue weighted by Gasteiger charge is 2.22. The van der Waals surface area contributed by atoms with Crippen LogP contribution in [0, 0.1) is 0 Å². The molecule has 2 aromatic carbocycles. The van der Waals surface area contributed by atoms with E-state index in [2.05, 4.69) is 0 Å². The number of hydrogen-bond acceptors (Lipinski definition) is 6. The van der Waals surface area contributed by atoms with Crippen LogP contribution in [-0.2, 0) is 0 Å². The lowest BCUT2D eigenvalue weighted by molar-refractivity contribution is 0.0981. The molecule has 1 amide bonds. The number of fused-ring (bicyclic) bond motifs is 1. The topological polar surface area (TPSA) is 62.7 Å². The van der Waals surface area contributed by atoms with E-state index in [0.29, 0.717) is 36.0 Å². The minimum absolute atomic E-state index is 0.0249. The summed E-state index contributed by atoms with van der Waals surface area (Å²) >= 11 is 1.47. The van der Waals surface area contributed by atoms with Crippen molar-refractivity contribution in [3.63, 3.8) is 0 Å². The Balaban J connectivity index is 1.98. The van der Waals surface area contributed by atoms with Crippen molar-refractivity contribution in [1.29, 1.82) is 0 Å². The molecule has 0 saturated carbocycles. The van der Waals surface area contributed by atoms with Gasteiger partial charge in [-0.05, 0) is 52.2 Å². The molecule has 0 fully saturated rings. The molecule has 0 saturated heterocycles. The molecule has 0 N–H and O–H groups in total. The van der Waals surface area contributed by atoms with Crippen LogP contribution in [0.5, 0.6) is 5.75 Å². The first-order valence-electron chi connectivity index (χ1n) is 9.50. The highest BCUT2D eigenvalue weighted by molar-refractivity contribution is 7.22. The third-order valence-corrected chi connectivity index (χ3v) is 5.50. The number of carbonyl (C=O) groups excluding carboxylic acids is 2. The van der Waals surface area contributed by atoms with E-state index in [4.69, 9.17) is 9.72 Å². The number of amides is 1. The Morgan fingerprint density at radius 1 is 1.03 bits per heavy atom. The Morgan fingerprint density at radius 3 is 2.34 bits per heavy atom. The van der Waals surface area contributed by atoms with Gasteiger partial charge >= 0.3 is 0 Å². The normalized spacial score (nSPS) is 11.1. The molecule has 0 aliphatic heterocycles. The van der Waals surface area contributed by atoms with Crippen LogP contribution in [0.25, 0.3) is 10.2 Å². The predicted octanol–water partition coefficient (Wildman–Crippen LogP) is 4.11. The summed E-state index contributed by atoms with van der Waals surface area (Å²) in [5.41, 5.74) is 1.88. The quantitative estimate of drug-likeness (QED) is 0.522. The van der Waals surface area contributed by atoms with Gasteiger partial charge in [0.1, 0.15) is 11.3 Å². The zero-order valence-corrected chi connectivity index (χ0v) is 18.0. The second kappa shape index (κ2) is 9.15. The molecule has 0 spiro atoms. The molecule has 1 heterocycles. The van der Waals surface area contributed by atoms with Crippen molar-refractivity contribution in [2.24, 2.45) is 0 Å².